The Balaban J connectivity index is 2.44. The predicted octanol–water partition coefficient (Wildman–Crippen LogP) is -1.84. The van der Waals surface area contributed by atoms with Gasteiger partial charge in [0, 0.05) is 7.05 Å². The standard InChI is InChI=1S/C19H29N5O7/c1-6-8-21-16(29)22(9-12(25)7-2)18(31)23(17(21)30)10-13(26)11-24-15(28)20(5)14(27)19(24,3)4/h6,12-13,25-26H,1,7-11H2,2-5H3. The van der Waals surface area contributed by atoms with Gasteiger partial charge in [0.15, 0.2) is 0 Å². The first-order chi connectivity index (χ1) is 14.4. The smallest absolute Gasteiger partial charge is 0.336 e. The van der Waals surface area contributed by atoms with Crippen LogP contribution in [0.4, 0.5) is 4.79 Å². The van der Waals surface area contributed by atoms with Gasteiger partial charge in [-0.05, 0) is 20.3 Å². The quantitative estimate of drug-likeness (QED) is 0.339. The van der Waals surface area contributed by atoms with Crippen molar-refractivity contribution < 1.29 is 19.8 Å². The lowest BCUT2D eigenvalue weighted by Gasteiger charge is -2.29. The van der Waals surface area contributed by atoms with Crippen molar-refractivity contribution in [2.75, 3.05) is 13.6 Å². The Hall–Kier alpha value is -2.99. The lowest BCUT2D eigenvalue weighted by molar-refractivity contribution is -0.131. The second-order valence-corrected chi connectivity index (χ2v) is 8.00. The lowest BCUT2D eigenvalue weighted by atomic mass is 10.0. The number of hydrogen-bond donors (Lipinski definition) is 2. The Kier molecular flexibility index (Phi) is 7.06. The minimum atomic E-state index is -1.38. The summed E-state index contributed by atoms with van der Waals surface area (Å²) in [5, 5.41) is 20.5. The number of likely N-dealkylation sites (N-methyl/N-ethyl adjacent to an activating group) is 1. The average Bonchev–Trinajstić information content (AvgIpc) is 2.86. The number of rotatable bonds is 9. The van der Waals surface area contributed by atoms with E-state index in [1.54, 1.807) is 6.92 Å². The molecule has 2 N–H and O–H groups in total. The molecule has 2 heterocycles. The van der Waals surface area contributed by atoms with Gasteiger partial charge in [0.25, 0.3) is 5.91 Å². The van der Waals surface area contributed by atoms with Crippen molar-refractivity contribution in [1.29, 1.82) is 0 Å². The highest BCUT2D eigenvalue weighted by Gasteiger charge is 2.49. The zero-order chi connectivity index (χ0) is 23.7. The van der Waals surface area contributed by atoms with E-state index in [0.29, 0.717) is 4.57 Å². The summed E-state index contributed by atoms with van der Waals surface area (Å²) in [5.74, 6) is -0.447. The van der Waals surface area contributed by atoms with E-state index in [1.807, 2.05) is 0 Å². The van der Waals surface area contributed by atoms with Crippen LogP contribution in [-0.4, -0.2) is 77.0 Å². The molecule has 0 spiro atoms. The van der Waals surface area contributed by atoms with Gasteiger partial charge in [-0.15, -0.1) is 6.58 Å². The van der Waals surface area contributed by atoms with E-state index in [4.69, 9.17) is 0 Å². The van der Waals surface area contributed by atoms with Gasteiger partial charge < -0.3 is 15.1 Å². The topological polar surface area (TPSA) is 147 Å². The monoisotopic (exact) mass is 439 g/mol. The minimum absolute atomic E-state index is 0.173. The Labute approximate surface area is 178 Å². The molecule has 1 aliphatic heterocycles. The molecule has 0 aliphatic carbocycles. The van der Waals surface area contributed by atoms with Gasteiger partial charge in [0.1, 0.15) is 5.54 Å². The molecular weight excluding hydrogens is 410 g/mol. The largest absolute Gasteiger partial charge is 0.391 e. The zero-order valence-corrected chi connectivity index (χ0v) is 18.1. The van der Waals surface area contributed by atoms with Crippen LogP contribution in [0, 0.1) is 0 Å². The summed E-state index contributed by atoms with van der Waals surface area (Å²) in [6.07, 6.45) is -0.778. The van der Waals surface area contributed by atoms with Crippen molar-refractivity contribution in [3.63, 3.8) is 0 Å². The molecule has 2 atom stereocenters. The molecule has 0 bridgehead atoms. The number of hydrogen-bond acceptors (Lipinski definition) is 7. The zero-order valence-electron chi connectivity index (χ0n) is 18.1. The normalized spacial score (nSPS) is 17.9. The van der Waals surface area contributed by atoms with Crippen LogP contribution in [0.15, 0.2) is 27.0 Å². The van der Waals surface area contributed by atoms with E-state index in [2.05, 4.69) is 6.58 Å². The van der Waals surface area contributed by atoms with E-state index in [0.717, 1.165) is 18.9 Å². The van der Waals surface area contributed by atoms with Gasteiger partial charge in [-0.3, -0.25) is 9.69 Å². The van der Waals surface area contributed by atoms with Crippen LogP contribution in [0.2, 0.25) is 0 Å². The molecular formula is C19H29N5O7. The summed E-state index contributed by atoms with van der Waals surface area (Å²) in [7, 11) is 1.33. The maximum atomic E-state index is 12.8. The van der Waals surface area contributed by atoms with Crippen molar-refractivity contribution in [2.24, 2.45) is 0 Å². The third-order valence-electron chi connectivity index (χ3n) is 5.37. The number of aliphatic hydroxyl groups excluding tert-OH is 2. The van der Waals surface area contributed by atoms with Crippen LogP contribution < -0.4 is 17.1 Å². The summed E-state index contributed by atoms with van der Waals surface area (Å²) in [6, 6.07) is -0.610. The molecule has 0 aromatic carbocycles. The molecule has 172 valence electrons. The number of nitrogens with zero attached hydrogens (tertiary/aromatic N) is 5. The molecule has 12 nitrogen and oxygen atoms in total. The molecule has 2 unspecified atom stereocenters. The number of urea groups is 1. The molecule has 1 aromatic rings. The molecule has 31 heavy (non-hydrogen) atoms. The maximum absolute atomic E-state index is 12.8. The number of aliphatic hydroxyl groups is 2. The Morgan fingerprint density at radius 1 is 0.903 bits per heavy atom. The number of carbonyl (C=O) groups is 2. The van der Waals surface area contributed by atoms with Crippen LogP contribution in [0.25, 0.3) is 0 Å². The molecule has 0 saturated carbocycles. The fraction of sp³-hybridized carbons (Fsp3) is 0.632. The number of carbonyl (C=O) groups excluding carboxylic acids is 2. The molecule has 2 rings (SSSR count). The summed E-state index contributed by atoms with van der Waals surface area (Å²) in [6.45, 7) is 6.89. The molecule has 1 fully saturated rings. The number of amides is 3. The molecule has 12 heteroatoms. The maximum Gasteiger partial charge on any atom is 0.336 e. The third-order valence-corrected chi connectivity index (χ3v) is 5.37. The summed E-state index contributed by atoms with van der Waals surface area (Å²) in [5.41, 5.74) is -4.03. The van der Waals surface area contributed by atoms with Crippen LogP contribution in [0.3, 0.4) is 0 Å². The first kappa shape index (κ1) is 24.3. The van der Waals surface area contributed by atoms with Crippen molar-refractivity contribution in [3.8, 4) is 0 Å². The van der Waals surface area contributed by atoms with Crippen LogP contribution in [0.1, 0.15) is 27.2 Å². The highest BCUT2D eigenvalue weighted by molar-refractivity contribution is 6.06. The van der Waals surface area contributed by atoms with Gasteiger partial charge in [0.05, 0.1) is 38.4 Å². The van der Waals surface area contributed by atoms with Crippen LogP contribution in [0.5, 0.6) is 0 Å². The number of β-amino-alcohol motifs (C(OH)–C–C–N with tert-alkyl or cyclic N) is 1. The van der Waals surface area contributed by atoms with Crippen molar-refractivity contribution in [2.45, 2.75) is 64.6 Å². The van der Waals surface area contributed by atoms with Gasteiger partial charge >= 0.3 is 23.1 Å². The number of imide groups is 1. The second kappa shape index (κ2) is 9.02. The van der Waals surface area contributed by atoms with Crippen molar-refractivity contribution in [1.82, 2.24) is 23.5 Å². The first-order valence-corrected chi connectivity index (χ1v) is 9.89. The van der Waals surface area contributed by atoms with E-state index >= 15 is 0 Å². The highest BCUT2D eigenvalue weighted by atomic mass is 16.3. The Morgan fingerprint density at radius 2 is 1.39 bits per heavy atom. The molecule has 1 aliphatic rings. The first-order valence-electron chi connectivity index (χ1n) is 9.89. The summed E-state index contributed by atoms with van der Waals surface area (Å²) in [4.78, 5) is 64.8. The number of aromatic nitrogens is 3. The SMILES string of the molecule is C=CCn1c(=O)n(CC(O)CC)c(=O)n(CC(O)CN2C(=O)N(C)C(=O)C2(C)C)c1=O. The molecule has 3 amide bonds. The van der Waals surface area contributed by atoms with Gasteiger partial charge in [-0.1, -0.05) is 13.0 Å². The number of allylic oxidation sites excluding steroid dienone is 1. The van der Waals surface area contributed by atoms with E-state index in [-0.39, 0.29) is 26.1 Å². The van der Waals surface area contributed by atoms with E-state index in [9.17, 15) is 34.2 Å². The summed E-state index contributed by atoms with van der Waals surface area (Å²) < 4.78 is 2.18. The van der Waals surface area contributed by atoms with Gasteiger partial charge in [-0.2, -0.15) is 0 Å². The Bertz CT molecular complexity index is 1050. The van der Waals surface area contributed by atoms with Crippen molar-refractivity contribution in [3.05, 3.63) is 44.1 Å². The van der Waals surface area contributed by atoms with Crippen LogP contribution >= 0.6 is 0 Å². The minimum Gasteiger partial charge on any atom is -0.391 e. The van der Waals surface area contributed by atoms with Crippen molar-refractivity contribution >= 4 is 11.9 Å². The van der Waals surface area contributed by atoms with E-state index < -0.39 is 53.3 Å². The predicted molar refractivity (Wildman–Crippen MR) is 111 cm³/mol. The van der Waals surface area contributed by atoms with Crippen LogP contribution in [-0.2, 0) is 24.4 Å². The fourth-order valence-electron chi connectivity index (χ4n) is 3.44. The Morgan fingerprint density at radius 3 is 1.81 bits per heavy atom. The lowest BCUT2D eigenvalue weighted by Crippen LogP contribution is -2.57. The molecule has 1 saturated heterocycles. The van der Waals surface area contributed by atoms with Gasteiger partial charge in [0.2, 0.25) is 0 Å². The fourth-order valence-corrected chi connectivity index (χ4v) is 3.44. The van der Waals surface area contributed by atoms with Gasteiger partial charge in [-0.25, -0.2) is 32.9 Å². The van der Waals surface area contributed by atoms with E-state index in [1.165, 1.54) is 27.0 Å². The highest BCUT2D eigenvalue weighted by Crippen LogP contribution is 2.26. The average molecular weight is 439 g/mol. The molecule has 1 aromatic heterocycles. The third kappa shape index (κ3) is 4.39. The second-order valence-electron chi connectivity index (χ2n) is 8.00. The molecule has 0 radical (unpaired) electrons. The summed E-state index contributed by atoms with van der Waals surface area (Å²) >= 11 is 0.